The van der Waals surface area contributed by atoms with E-state index in [2.05, 4.69) is 29.4 Å². The molecule has 1 saturated carbocycles. The number of carbonyl (C=O) groups is 1. The number of piperazine rings is 1. The Balaban J connectivity index is 1.71. The van der Waals surface area contributed by atoms with Gasteiger partial charge in [-0.25, -0.2) is 0 Å². The quantitative estimate of drug-likeness (QED) is 0.758. The highest BCUT2D eigenvalue weighted by Gasteiger charge is 2.26. The van der Waals surface area contributed by atoms with Crippen LogP contribution in [0.4, 0.5) is 0 Å². The van der Waals surface area contributed by atoms with Gasteiger partial charge in [-0.05, 0) is 18.3 Å². The van der Waals surface area contributed by atoms with Gasteiger partial charge in [-0.3, -0.25) is 9.69 Å². The molecule has 0 aromatic rings. The monoisotopic (exact) mass is 309 g/mol. The van der Waals surface area contributed by atoms with E-state index in [4.69, 9.17) is 0 Å². The number of rotatable bonds is 7. The topological polar surface area (TPSA) is 44.4 Å². The molecule has 1 saturated heterocycles. The smallest absolute Gasteiger partial charge is 0.223 e. The number of hydrogen-bond acceptors (Lipinski definition) is 3. The van der Waals surface area contributed by atoms with Crippen LogP contribution in [0, 0.1) is 17.8 Å². The fourth-order valence-corrected chi connectivity index (χ4v) is 3.87. The summed E-state index contributed by atoms with van der Waals surface area (Å²) in [5.41, 5.74) is 0. The average molecular weight is 309 g/mol. The molecular weight excluding hydrogens is 274 g/mol. The lowest BCUT2D eigenvalue weighted by Gasteiger charge is -2.29. The molecule has 0 bridgehead atoms. The second kappa shape index (κ2) is 9.51. The molecule has 1 aliphatic carbocycles. The summed E-state index contributed by atoms with van der Waals surface area (Å²) >= 11 is 0. The summed E-state index contributed by atoms with van der Waals surface area (Å²) in [5.74, 6) is 1.71. The van der Waals surface area contributed by atoms with E-state index in [1.54, 1.807) is 0 Å². The van der Waals surface area contributed by atoms with Crippen LogP contribution in [0.15, 0.2) is 0 Å². The Kier molecular flexibility index (Phi) is 7.67. The maximum Gasteiger partial charge on any atom is 0.223 e. The highest BCUT2D eigenvalue weighted by atomic mass is 16.1. The number of nitrogens with zero attached hydrogens (tertiary/aromatic N) is 1. The van der Waals surface area contributed by atoms with Crippen LogP contribution in [0.2, 0.25) is 0 Å². The number of nitrogens with one attached hydrogen (secondary N) is 2. The van der Waals surface area contributed by atoms with Gasteiger partial charge >= 0.3 is 0 Å². The molecule has 4 heteroatoms. The summed E-state index contributed by atoms with van der Waals surface area (Å²) in [6.07, 6.45) is 7.87. The number of hydrogen-bond donors (Lipinski definition) is 2. The van der Waals surface area contributed by atoms with Crippen molar-refractivity contribution in [3.63, 3.8) is 0 Å². The fraction of sp³-hybridized carbons (Fsp3) is 0.944. The van der Waals surface area contributed by atoms with Crippen LogP contribution in [0.25, 0.3) is 0 Å². The molecule has 2 N–H and O–H groups in total. The third-order valence-corrected chi connectivity index (χ3v) is 5.39. The van der Waals surface area contributed by atoms with Crippen LogP contribution in [0.1, 0.15) is 52.4 Å². The average Bonchev–Trinajstić information content (AvgIpc) is 2.54. The van der Waals surface area contributed by atoms with Gasteiger partial charge in [-0.15, -0.1) is 0 Å². The molecule has 128 valence electrons. The molecule has 0 aromatic heterocycles. The van der Waals surface area contributed by atoms with Crippen molar-refractivity contribution in [3.8, 4) is 0 Å². The van der Waals surface area contributed by atoms with Gasteiger partial charge in [0, 0.05) is 45.2 Å². The second-order valence-electron chi connectivity index (χ2n) is 7.47. The Morgan fingerprint density at radius 1 is 1.18 bits per heavy atom. The summed E-state index contributed by atoms with van der Waals surface area (Å²) < 4.78 is 0. The molecular formula is C18H35N3O. The van der Waals surface area contributed by atoms with Crippen LogP contribution < -0.4 is 10.6 Å². The van der Waals surface area contributed by atoms with Crippen LogP contribution in [-0.4, -0.2) is 50.1 Å². The van der Waals surface area contributed by atoms with Gasteiger partial charge < -0.3 is 10.6 Å². The molecule has 22 heavy (non-hydrogen) atoms. The molecule has 0 aromatic carbocycles. The lowest BCUT2D eigenvalue weighted by atomic mass is 9.79. The maximum absolute atomic E-state index is 12.6. The predicted octanol–water partition coefficient (Wildman–Crippen LogP) is 2.25. The summed E-state index contributed by atoms with van der Waals surface area (Å²) in [7, 11) is 0. The van der Waals surface area contributed by atoms with Crippen molar-refractivity contribution < 1.29 is 4.79 Å². The van der Waals surface area contributed by atoms with E-state index < -0.39 is 0 Å². The first-order valence-corrected chi connectivity index (χ1v) is 9.37. The number of carbonyl (C=O) groups excluding carboxylic acids is 1. The molecule has 0 radical (unpaired) electrons. The van der Waals surface area contributed by atoms with Crippen molar-refractivity contribution in [2.75, 3.05) is 39.3 Å². The van der Waals surface area contributed by atoms with E-state index in [0.29, 0.717) is 5.92 Å². The normalized spacial score (nSPS) is 22.7. The summed E-state index contributed by atoms with van der Waals surface area (Å²) in [6, 6.07) is 0. The third kappa shape index (κ3) is 5.88. The van der Waals surface area contributed by atoms with Crippen LogP contribution in [0.5, 0.6) is 0 Å². The van der Waals surface area contributed by atoms with Gasteiger partial charge in [0.25, 0.3) is 0 Å². The Labute approximate surface area is 136 Å². The molecule has 4 nitrogen and oxygen atoms in total. The van der Waals surface area contributed by atoms with Gasteiger partial charge in [-0.1, -0.05) is 46.0 Å². The minimum Gasteiger partial charge on any atom is -0.355 e. The van der Waals surface area contributed by atoms with E-state index >= 15 is 0 Å². The fourth-order valence-electron chi connectivity index (χ4n) is 3.87. The standard InChI is InChI=1S/C18H35N3O/c1-15(2)17(14-16-6-4-3-5-7-16)18(22)20-10-13-21-11-8-19-9-12-21/h15-17,19H,3-14H2,1-2H3,(H,20,22). The van der Waals surface area contributed by atoms with Gasteiger partial charge in [0.1, 0.15) is 0 Å². The summed E-state index contributed by atoms with van der Waals surface area (Å²) in [5, 5.41) is 6.56. The van der Waals surface area contributed by atoms with E-state index in [1.165, 1.54) is 32.1 Å². The van der Waals surface area contributed by atoms with Crippen LogP contribution in [0.3, 0.4) is 0 Å². The van der Waals surface area contributed by atoms with Crippen molar-refractivity contribution in [1.29, 1.82) is 0 Å². The van der Waals surface area contributed by atoms with Gasteiger partial charge in [0.2, 0.25) is 5.91 Å². The Hall–Kier alpha value is -0.610. The van der Waals surface area contributed by atoms with Gasteiger partial charge in [0.15, 0.2) is 0 Å². The molecule has 2 aliphatic rings. The highest BCUT2D eigenvalue weighted by molar-refractivity contribution is 5.78. The first-order chi connectivity index (χ1) is 10.7. The second-order valence-corrected chi connectivity index (χ2v) is 7.47. The maximum atomic E-state index is 12.6. The summed E-state index contributed by atoms with van der Waals surface area (Å²) in [4.78, 5) is 15.0. The molecule has 2 rings (SSSR count). The van der Waals surface area contributed by atoms with Gasteiger partial charge in [-0.2, -0.15) is 0 Å². The largest absolute Gasteiger partial charge is 0.355 e. The lowest BCUT2D eigenvalue weighted by molar-refractivity contribution is -0.127. The zero-order valence-electron chi connectivity index (χ0n) is 14.6. The molecule has 1 aliphatic heterocycles. The third-order valence-electron chi connectivity index (χ3n) is 5.39. The molecule has 2 fully saturated rings. The van der Waals surface area contributed by atoms with E-state index in [9.17, 15) is 4.79 Å². The highest BCUT2D eigenvalue weighted by Crippen LogP contribution is 2.31. The van der Waals surface area contributed by atoms with Gasteiger partial charge in [0.05, 0.1) is 0 Å². The number of amides is 1. The molecule has 0 spiro atoms. The van der Waals surface area contributed by atoms with E-state index in [0.717, 1.165) is 51.6 Å². The van der Waals surface area contributed by atoms with Crippen LogP contribution in [-0.2, 0) is 4.79 Å². The van der Waals surface area contributed by atoms with Crippen molar-refractivity contribution >= 4 is 5.91 Å². The Morgan fingerprint density at radius 3 is 2.50 bits per heavy atom. The molecule has 1 unspecified atom stereocenters. The van der Waals surface area contributed by atoms with Crippen molar-refractivity contribution in [2.45, 2.75) is 52.4 Å². The molecule has 1 heterocycles. The molecule has 1 atom stereocenters. The first kappa shape index (κ1) is 17.7. The Bertz CT molecular complexity index is 320. The van der Waals surface area contributed by atoms with Crippen molar-refractivity contribution in [3.05, 3.63) is 0 Å². The molecule has 1 amide bonds. The van der Waals surface area contributed by atoms with Crippen molar-refractivity contribution in [2.24, 2.45) is 17.8 Å². The minimum absolute atomic E-state index is 0.200. The zero-order chi connectivity index (χ0) is 15.8. The Morgan fingerprint density at radius 2 is 1.86 bits per heavy atom. The SMILES string of the molecule is CC(C)C(CC1CCCCC1)C(=O)NCCN1CCNCC1. The minimum atomic E-state index is 0.200. The first-order valence-electron chi connectivity index (χ1n) is 9.37. The zero-order valence-corrected chi connectivity index (χ0v) is 14.6. The van der Waals surface area contributed by atoms with E-state index in [-0.39, 0.29) is 11.8 Å². The predicted molar refractivity (Wildman–Crippen MR) is 91.8 cm³/mol. The van der Waals surface area contributed by atoms with Crippen LogP contribution >= 0.6 is 0 Å². The lowest BCUT2D eigenvalue weighted by Crippen LogP contribution is -2.47. The summed E-state index contributed by atoms with van der Waals surface area (Å²) in [6.45, 7) is 10.5. The van der Waals surface area contributed by atoms with Crippen molar-refractivity contribution in [1.82, 2.24) is 15.5 Å². The van der Waals surface area contributed by atoms with E-state index in [1.807, 2.05) is 0 Å².